The zero-order chi connectivity index (χ0) is 82.6. The van der Waals surface area contributed by atoms with Crippen LogP contribution < -0.4 is 16.0 Å². The SMILES string of the molecule is CCCO[C@H]1CCN2C(=O)[C@H](CCC3CC(F)C(C(F)(F)F)C(F)C3)NC(=O)CN(C)C(=O)[C@H](CC3CCC(C(F)(F)F)CC3)N3CCCCC[C@@H](C3=O)N(C)C(=O)CN(C)C(=O)[C@H]([C@@H](C)CC)NC(=O)[C@H](CC(C)C)N(C)C(=O)C[C@@H](C(=O)N3CCOCC3)N(C)C(=O)[C@H](C3CCCC3)N(C)C(=O)C3(CCC3)NC(=O)[C@H]12. The van der Waals surface area contributed by atoms with Gasteiger partial charge in [0, 0.05) is 75.1 Å². The second-order valence-corrected chi connectivity index (χ2v) is 33.6. The molecule has 4 saturated heterocycles. The fourth-order valence-electron chi connectivity index (χ4n) is 18.1. The van der Waals surface area contributed by atoms with Gasteiger partial charge in [-0.25, -0.2) is 8.78 Å². The van der Waals surface area contributed by atoms with Crippen LogP contribution in [0.1, 0.15) is 195 Å². The minimum atomic E-state index is -5.22. The first kappa shape index (κ1) is 90.5. The van der Waals surface area contributed by atoms with E-state index in [1.165, 1.54) is 66.8 Å². The van der Waals surface area contributed by atoms with Crippen LogP contribution >= 0.6 is 0 Å². The van der Waals surface area contributed by atoms with E-state index in [9.17, 15) is 40.7 Å². The number of fused-ring (bicyclic) bond motifs is 3. The molecule has 4 saturated carbocycles. The Balaban J connectivity index is 1.22. The van der Waals surface area contributed by atoms with Gasteiger partial charge >= 0.3 is 12.4 Å². The molecule has 634 valence electrons. The summed E-state index contributed by atoms with van der Waals surface area (Å²) in [6.45, 7) is 7.75. The van der Waals surface area contributed by atoms with E-state index in [0.717, 1.165) is 19.6 Å². The number of carbonyl (C=O) groups is 12. The summed E-state index contributed by atoms with van der Waals surface area (Å²) in [5, 5.41) is 8.50. The number of rotatable bonds is 14. The molecule has 4 aliphatic heterocycles. The number of likely N-dealkylation sites (N-methyl/N-ethyl adjacent to an activating group) is 6. The minimum absolute atomic E-state index is 0.00779. The molecule has 3 N–H and O–H groups in total. The van der Waals surface area contributed by atoms with Gasteiger partial charge in [0.25, 0.3) is 0 Å². The van der Waals surface area contributed by atoms with Crippen molar-refractivity contribution in [3.63, 3.8) is 0 Å². The highest BCUT2D eigenvalue weighted by molar-refractivity contribution is 6.01. The van der Waals surface area contributed by atoms with Crippen LogP contribution in [0.25, 0.3) is 0 Å². The molecular weight excluding hydrogens is 1480 g/mol. The fourth-order valence-corrected chi connectivity index (χ4v) is 18.1. The monoisotopic (exact) mass is 1600 g/mol. The predicted octanol–water partition coefficient (Wildman–Crippen LogP) is 6.74. The van der Waals surface area contributed by atoms with Crippen molar-refractivity contribution in [3.05, 3.63) is 0 Å². The fraction of sp³-hybridized carbons (Fsp3) is 0.846. The Kier molecular flexibility index (Phi) is 32.0. The van der Waals surface area contributed by atoms with Gasteiger partial charge in [0.15, 0.2) is 0 Å². The van der Waals surface area contributed by atoms with Crippen molar-refractivity contribution in [1.82, 2.24) is 60.0 Å². The van der Waals surface area contributed by atoms with Gasteiger partial charge in [-0.3, -0.25) is 57.5 Å². The molecule has 4 aliphatic carbocycles. The lowest BCUT2D eigenvalue weighted by Gasteiger charge is -2.47. The molecule has 112 heavy (non-hydrogen) atoms. The molecule has 8 fully saturated rings. The maximum atomic E-state index is 15.8. The van der Waals surface area contributed by atoms with Crippen LogP contribution in [0, 0.1) is 41.4 Å². The highest BCUT2D eigenvalue weighted by Gasteiger charge is 2.57. The molecule has 12 atom stereocenters. The summed E-state index contributed by atoms with van der Waals surface area (Å²) in [4.78, 5) is 194. The van der Waals surface area contributed by atoms with Crippen LogP contribution in [0.2, 0.25) is 0 Å². The Morgan fingerprint density at radius 2 is 1.21 bits per heavy atom. The Morgan fingerprint density at radius 3 is 1.79 bits per heavy atom. The van der Waals surface area contributed by atoms with Gasteiger partial charge in [-0.15, -0.1) is 0 Å². The Morgan fingerprint density at radius 1 is 0.589 bits per heavy atom. The second-order valence-electron chi connectivity index (χ2n) is 33.6. The largest absolute Gasteiger partial charge is 0.397 e. The molecule has 34 heteroatoms. The topological polar surface area (TPSA) is 289 Å². The van der Waals surface area contributed by atoms with Gasteiger partial charge in [-0.1, -0.05) is 66.7 Å². The zero-order valence-corrected chi connectivity index (χ0v) is 67.2. The molecule has 0 aromatic rings. The summed E-state index contributed by atoms with van der Waals surface area (Å²) in [5.41, 5.74) is -1.72. The van der Waals surface area contributed by atoms with Crippen molar-refractivity contribution in [2.24, 2.45) is 41.4 Å². The van der Waals surface area contributed by atoms with Crippen LogP contribution in [-0.4, -0.2) is 301 Å². The van der Waals surface area contributed by atoms with E-state index < -0.39 is 230 Å². The van der Waals surface area contributed by atoms with Crippen molar-refractivity contribution < 1.29 is 102 Å². The van der Waals surface area contributed by atoms with Gasteiger partial charge < -0.3 is 69.5 Å². The molecule has 0 aromatic carbocycles. The third-order valence-electron chi connectivity index (χ3n) is 25.3. The van der Waals surface area contributed by atoms with Crippen LogP contribution in [0.3, 0.4) is 0 Å². The van der Waals surface area contributed by atoms with Gasteiger partial charge in [0.2, 0.25) is 70.9 Å². The first-order valence-electron chi connectivity index (χ1n) is 40.7. The third kappa shape index (κ3) is 21.9. The van der Waals surface area contributed by atoms with Crippen LogP contribution in [0.15, 0.2) is 0 Å². The molecule has 2 unspecified atom stereocenters. The van der Waals surface area contributed by atoms with Crippen molar-refractivity contribution in [1.29, 1.82) is 0 Å². The molecule has 0 radical (unpaired) electrons. The van der Waals surface area contributed by atoms with E-state index in [-0.39, 0.29) is 123 Å². The molecule has 12 amide bonds. The minimum Gasteiger partial charge on any atom is -0.378 e. The summed E-state index contributed by atoms with van der Waals surface area (Å²) in [6.07, 6.45) is -14.9. The number of nitrogens with one attached hydrogen (secondary N) is 3. The second kappa shape index (κ2) is 39.6. The number of ether oxygens (including phenoxy) is 2. The normalized spacial score (nSPS) is 32.0. The van der Waals surface area contributed by atoms with Gasteiger partial charge in [0.1, 0.15) is 72.1 Å². The average molecular weight is 1600 g/mol. The summed E-state index contributed by atoms with van der Waals surface area (Å²) >= 11 is 0. The molecule has 8 rings (SSSR count). The Bertz CT molecular complexity index is 3280. The first-order chi connectivity index (χ1) is 52.7. The van der Waals surface area contributed by atoms with Crippen LogP contribution in [0.4, 0.5) is 35.1 Å². The van der Waals surface area contributed by atoms with Crippen LogP contribution in [-0.2, 0) is 67.0 Å². The number of hydrogen-bond acceptors (Lipinski definition) is 14. The first-order valence-corrected chi connectivity index (χ1v) is 40.7. The molecule has 26 nitrogen and oxygen atoms in total. The summed E-state index contributed by atoms with van der Waals surface area (Å²) in [5.74, 6) is -16.8. The van der Waals surface area contributed by atoms with Crippen molar-refractivity contribution in [2.75, 3.05) is 101 Å². The smallest absolute Gasteiger partial charge is 0.378 e. The van der Waals surface area contributed by atoms with E-state index in [2.05, 4.69) is 16.0 Å². The lowest BCUT2D eigenvalue weighted by Crippen LogP contribution is -2.69. The molecule has 1 spiro atoms. The van der Waals surface area contributed by atoms with E-state index in [1.807, 2.05) is 13.8 Å². The standard InChI is InChI=1S/C78H122F8N12O14/c1-12-36-112-59-29-33-98-66(59)68(103)89-76(30-19-31-76)75(110)95(11)65(50-20-16-17-21-50)74(109)94(10)57(71(106)96-34-37-111-38-35-96)43-61(100)93(9)56(39-46(3)4)67(102)88-64(47(5)13-2)73(108)91(7)45-62(101)92(8)55-22-15-14-18-32-97(72(55)107)58(42-48-23-26-51(27-24-48)77(81,82)83)70(105)90(6)44-60(99)87-54(69(98)104)28-25-49-40-52(79)63(53(80)41-49)78(84,85)86/h46-59,63-66H,12-45H2,1-11H3,(H,87,99)(H,88,102)(H,89,103)/t47-,48?,49?,51?,52?,53?,54-,55-,56-,57-,58-,59-,63?,64-,65-,66-/m0/s1. The quantitative estimate of drug-likeness (QED) is 0.152. The number of hydrogen-bond donors (Lipinski definition) is 3. The number of nitrogens with zero attached hydrogens (tertiary/aromatic N) is 9. The van der Waals surface area contributed by atoms with Crippen LogP contribution in [0.5, 0.6) is 0 Å². The van der Waals surface area contributed by atoms with Crippen molar-refractivity contribution in [3.8, 4) is 0 Å². The molecular formula is C78H122F8N12O14. The number of carbonyl (C=O) groups excluding carboxylic acids is 12. The summed E-state index contributed by atoms with van der Waals surface area (Å²) in [7, 11) is 8.13. The van der Waals surface area contributed by atoms with Gasteiger partial charge in [-0.05, 0) is 152 Å². The molecule has 8 aliphatic rings. The summed E-state index contributed by atoms with van der Waals surface area (Å²) < 4.78 is 128. The molecule has 4 heterocycles. The highest BCUT2D eigenvalue weighted by Crippen LogP contribution is 2.46. The van der Waals surface area contributed by atoms with E-state index >= 15 is 51.9 Å². The summed E-state index contributed by atoms with van der Waals surface area (Å²) in [6, 6.07) is -11.4. The van der Waals surface area contributed by atoms with Gasteiger partial charge in [0.05, 0.1) is 44.7 Å². The van der Waals surface area contributed by atoms with Crippen molar-refractivity contribution >= 4 is 70.9 Å². The number of alkyl halides is 8. The number of morpholine rings is 1. The lowest BCUT2D eigenvalue weighted by molar-refractivity contribution is -0.219. The molecule has 2 bridgehead atoms. The maximum Gasteiger partial charge on any atom is 0.397 e. The third-order valence-corrected chi connectivity index (χ3v) is 25.3. The van der Waals surface area contributed by atoms with E-state index in [0.29, 0.717) is 64.2 Å². The van der Waals surface area contributed by atoms with Crippen molar-refractivity contribution in [2.45, 2.75) is 280 Å². The Labute approximate surface area is 653 Å². The number of halogens is 8. The number of amides is 12. The average Bonchev–Trinajstić information content (AvgIpc) is 1.23. The van der Waals surface area contributed by atoms with Gasteiger partial charge in [-0.2, -0.15) is 26.3 Å². The zero-order valence-electron chi connectivity index (χ0n) is 67.2. The Hall–Kier alpha value is -7.00. The highest BCUT2D eigenvalue weighted by atomic mass is 19.4. The van der Waals surface area contributed by atoms with E-state index in [4.69, 9.17) is 9.47 Å². The maximum absolute atomic E-state index is 15.8. The molecule has 0 aromatic heterocycles. The lowest BCUT2D eigenvalue weighted by atomic mass is 9.74. The van der Waals surface area contributed by atoms with E-state index in [1.54, 1.807) is 20.8 Å². The predicted molar refractivity (Wildman–Crippen MR) is 395 cm³/mol.